The van der Waals surface area contributed by atoms with Crippen LogP contribution >= 0.6 is 0 Å². The summed E-state index contributed by atoms with van der Waals surface area (Å²) >= 11 is 0. The largest absolute Gasteiger partial charge is 0.461 e. The monoisotopic (exact) mass is 1140 g/mol. The summed E-state index contributed by atoms with van der Waals surface area (Å²) in [7, 11) is 7.73. The zero-order chi connectivity index (χ0) is 59.0. The third-order valence-corrected chi connectivity index (χ3v) is 17.3. The lowest BCUT2D eigenvalue weighted by atomic mass is 9.79. The highest BCUT2D eigenvalue weighted by Gasteiger charge is 2.51. The lowest BCUT2D eigenvalue weighted by Gasteiger charge is -2.35. The van der Waals surface area contributed by atoms with Crippen LogP contribution < -0.4 is 25.2 Å². The molecule has 4 unspecified atom stereocenters. The van der Waals surface area contributed by atoms with E-state index in [2.05, 4.69) is 67.1 Å². The SMILES string of the molecule is C#Cc1c(F)ccc2cccc(-c3ncc4c(N5CC6CCC(C5)N6)nc(OCC56CCC(COCCN(C)CCNC)N5CC(=C)C6)nc4c3F)c12.C=O.CN(CCC(=O)N(F)C=O)c1nn(C)c2cc(C3CCC(C=O)CC3)ccc12. The molecule has 18 nitrogen and oxygen atoms in total. The molecule has 11 rings (SSSR count). The van der Waals surface area contributed by atoms with Crippen molar-refractivity contribution in [3.8, 4) is 29.6 Å². The van der Waals surface area contributed by atoms with E-state index in [4.69, 9.17) is 30.7 Å². The summed E-state index contributed by atoms with van der Waals surface area (Å²) in [5.74, 6) is 2.38. The van der Waals surface area contributed by atoms with Gasteiger partial charge in [0.2, 0.25) is 6.41 Å². The molecule has 1 saturated carbocycles. The Kier molecular flexibility index (Phi) is 19.5. The van der Waals surface area contributed by atoms with Gasteiger partial charge in [0.25, 0.3) is 5.91 Å². The molecule has 2 N–H and O–H groups in total. The number of imide groups is 1. The van der Waals surface area contributed by atoms with Gasteiger partial charge in [-0.1, -0.05) is 52.9 Å². The second-order valence-electron chi connectivity index (χ2n) is 22.7. The lowest BCUT2D eigenvalue weighted by molar-refractivity contribution is -0.153. The number of pyridine rings is 1. The van der Waals surface area contributed by atoms with Gasteiger partial charge in [-0.05, 0) is 107 Å². The number of rotatable bonds is 20. The number of benzene rings is 3. The van der Waals surface area contributed by atoms with Gasteiger partial charge < -0.3 is 44.4 Å². The molecule has 7 heterocycles. The van der Waals surface area contributed by atoms with E-state index in [9.17, 15) is 23.3 Å². The van der Waals surface area contributed by atoms with E-state index in [1.165, 1.54) is 17.2 Å². The van der Waals surface area contributed by atoms with Gasteiger partial charge in [0, 0.05) is 113 Å². The summed E-state index contributed by atoms with van der Waals surface area (Å²) in [6, 6.07) is 15.6. The van der Waals surface area contributed by atoms with Gasteiger partial charge in [-0.15, -0.1) is 11.5 Å². The molecule has 4 saturated heterocycles. The van der Waals surface area contributed by atoms with Gasteiger partial charge >= 0.3 is 6.01 Å². The number of halogens is 3. The second kappa shape index (κ2) is 26.9. The molecule has 4 atom stereocenters. The lowest BCUT2D eigenvalue weighted by Crippen LogP contribution is -2.51. The van der Waals surface area contributed by atoms with Crippen molar-refractivity contribution in [3.63, 3.8) is 0 Å². The average molecular weight is 1140 g/mol. The Hall–Kier alpha value is -7.35. The number of aryl methyl sites for hydroxylation is 1. The molecule has 0 radical (unpaired) electrons. The molecule has 4 aliphatic heterocycles. The van der Waals surface area contributed by atoms with Crippen molar-refractivity contribution >= 4 is 69.6 Å². The van der Waals surface area contributed by atoms with Crippen LogP contribution in [0.15, 0.2) is 66.9 Å². The molecule has 440 valence electrons. The zero-order valence-corrected chi connectivity index (χ0v) is 47.9. The third kappa shape index (κ3) is 13.1. The maximum atomic E-state index is 17.0. The van der Waals surface area contributed by atoms with E-state index >= 15 is 4.39 Å². The number of ether oxygens (including phenoxy) is 2. The van der Waals surface area contributed by atoms with Gasteiger partial charge in [-0.3, -0.25) is 24.2 Å². The number of nitrogens with zero attached hydrogens (tertiary/aromatic N) is 10. The first-order valence-electron chi connectivity index (χ1n) is 28.6. The van der Waals surface area contributed by atoms with Gasteiger partial charge in [0.05, 0.1) is 35.2 Å². The van der Waals surface area contributed by atoms with Gasteiger partial charge in [0.1, 0.15) is 42.5 Å². The van der Waals surface area contributed by atoms with Crippen molar-refractivity contribution in [2.24, 2.45) is 13.0 Å². The van der Waals surface area contributed by atoms with Crippen molar-refractivity contribution in [1.82, 2.24) is 50.3 Å². The first-order chi connectivity index (χ1) is 40.2. The molecule has 83 heavy (non-hydrogen) atoms. The first kappa shape index (κ1) is 60.2. The molecule has 5 aliphatic rings. The number of terminal acetylenes is 1. The molecular weight excluding hydrogens is 1070 g/mol. The van der Waals surface area contributed by atoms with Crippen LogP contribution in [0.1, 0.15) is 81.3 Å². The highest BCUT2D eigenvalue weighted by atomic mass is 19.2. The van der Waals surface area contributed by atoms with Gasteiger partial charge in [-0.2, -0.15) is 15.1 Å². The number of anilines is 2. The van der Waals surface area contributed by atoms with Crippen molar-refractivity contribution in [2.45, 2.75) is 93.8 Å². The van der Waals surface area contributed by atoms with Crippen LogP contribution in [0, 0.1) is 29.9 Å². The Morgan fingerprint density at radius 3 is 2.48 bits per heavy atom. The highest BCUT2D eigenvalue weighted by Crippen LogP contribution is 2.45. The minimum Gasteiger partial charge on any atom is -0.461 e. The number of aromatic nitrogens is 5. The molecule has 3 aromatic heterocycles. The van der Waals surface area contributed by atoms with Crippen molar-refractivity contribution in [1.29, 1.82) is 0 Å². The second-order valence-corrected chi connectivity index (χ2v) is 22.7. The van der Waals surface area contributed by atoms with Gasteiger partial charge in [-0.25, -0.2) is 8.78 Å². The van der Waals surface area contributed by atoms with Crippen LogP contribution in [0.5, 0.6) is 6.01 Å². The fourth-order valence-corrected chi connectivity index (χ4v) is 12.9. The summed E-state index contributed by atoms with van der Waals surface area (Å²) < 4.78 is 59.4. The van der Waals surface area contributed by atoms with Crippen LogP contribution in [0.3, 0.4) is 0 Å². The van der Waals surface area contributed by atoms with E-state index in [-0.39, 0.29) is 59.7 Å². The van der Waals surface area contributed by atoms with Gasteiger partial charge in [0.15, 0.2) is 11.6 Å². The minimum atomic E-state index is -0.879. The predicted molar refractivity (Wildman–Crippen MR) is 315 cm³/mol. The summed E-state index contributed by atoms with van der Waals surface area (Å²) in [5.41, 5.74) is 3.78. The summed E-state index contributed by atoms with van der Waals surface area (Å²) in [5, 5.41) is 13.6. The van der Waals surface area contributed by atoms with Crippen molar-refractivity contribution < 1.29 is 41.9 Å². The van der Waals surface area contributed by atoms with E-state index in [1.54, 1.807) is 41.0 Å². The van der Waals surface area contributed by atoms with Crippen LogP contribution in [0.4, 0.5) is 24.9 Å². The first-order valence-corrected chi connectivity index (χ1v) is 28.6. The Morgan fingerprint density at radius 2 is 1.76 bits per heavy atom. The van der Waals surface area contributed by atoms with Crippen molar-refractivity contribution in [2.75, 3.05) is 96.6 Å². The number of fused-ring (bicyclic) bond motifs is 6. The highest BCUT2D eigenvalue weighted by molar-refractivity contribution is 6.02. The topological polar surface area (TPSA) is 183 Å². The number of carbonyl (C=O) groups excluding carboxylic acids is 4. The van der Waals surface area contributed by atoms with Crippen LogP contribution in [-0.2, 0) is 31.0 Å². The van der Waals surface area contributed by atoms with E-state index in [1.807, 2.05) is 33.0 Å². The molecule has 3 aromatic carbocycles. The normalized spacial score (nSPS) is 22.0. The molecular formula is C62H75F3N12O6. The average Bonchev–Trinajstić information content (AvgIpc) is 3.88. The number of amides is 2. The summed E-state index contributed by atoms with van der Waals surface area (Å²) in [6.07, 6.45) is 17.0. The van der Waals surface area contributed by atoms with Crippen LogP contribution in [0.25, 0.3) is 43.8 Å². The molecule has 2 bridgehead atoms. The number of piperazine rings is 1. The van der Waals surface area contributed by atoms with Crippen LogP contribution in [-0.4, -0.2) is 175 Å². The number of hydrogen-bond donors (Lipinski definition) is 2. The maximum absolute atomic E-state index is 17.0. The standard InChI is InChI=1S/C41H48F2N8O2.C20H25FN4O3.CH2O/c1-5-31-34(42)12-9-27-7-6-8-32(35(27)31)37-36(43)38-33(20-45-37)39(50-22-28-10-11-29(23-50)46-28)48-40(47-38)53-25-41-14-13-30(51(41)21-26(2)19-41)24-52-18-17-49(4)16-15-44-3;1-23(10-9-19(28)25(21)13-27)20-17-8-7-16(11-18(17)24(2)22-20)15-5-3-14(12-26)4-6-15;1-2/h1,6-9,12,20,28-30,44,46H,2,10-11,13-19,21-25H2,3-4H3;7-8,11-15H,3-6,9-10H2,1-2H3;1H2. The molecule has 1 aliphatic carbocycles. The van der Waals surface area contributed by atoms with E-state index in [0.29, 0.717) is 71.2 Å². The number of nitrogens with one attached hydrogen (secondary N) is 2. The third-order valence-electron chi connectivity index (χ3n) is 17.3. The Balaban J connectivity index is 0.000000233. The fourth-order valence-electron chi connectivity index (χ4n) is 12.9. The van der Waals surface area contributed by atoms with Crippen molar-refractivity contribution in [3.05, 3.63) is 89.6 Å². The molecule has 0 spiro atoms. The van der Waals surface area contributed by atoms with E-state index < -0.39 is 22.7 Å². The minimum absolute atomic E-state index is 0.0462. The number of aldehydes is 1. The fraction of sp³-hybridized carbons (Fsp3) is 0.484. The molecule has 21 heteroatoms. The Bertz CT molecular complexity index is 3360. The molecule has 5 fully saturated rings. The Labute approximate surface area is 482 Å². The summed E-state index contributed by atoms with van der Waals surface area (Å²) in [4.78, 5) is 63.9. The van der Waals surface area contributed by atoms with Crippen LogP contribution in [0.2, 0.25) is 0 Å². The van der Waals surface area contributed by atoms with E-state index in [0.717, 1.165) is 114 Å². The number of carbonyl (C=O) groups is 4. The Morgan fingerprint density at radius 1 is 0.988 bits per heavy atom. The number of likely N-dealkylation sites (N-methyl/N-ethyl adjacent to an activating group) is 2. The smallest absolute Gasteiger partial charge is 0.319 e. The molecule has 2 amide bonds. The quantitative estimate of drug-likeness (QED) is 0.0255. The number of hydrogen-bond acceptors (Lipinski definition) is 16. The predicted octanol–water partition coefficient (Wildman–Crippen LogP) is 7.31. The zero-order valence-electron chi connectivity index (χ0n) is 47.9. The summed E-state index contributed by atoms with van der Waals surface area (Å²) in [6.45, 7) is 13.3. The maximum Gasteiger partial charge on any atom is 0.319 e. The molecule has 6 aromatic rings.